The summed E-state index contributed by atoms with van der Waals surface area (Å²) in [5, 5.41) is 0. The Kier molecular flexibility index (Phi) is 9.13. The highest BCUT2D eigenvalue weighted by Gasteiger charge is 2.13. The van der Waals surface area contributed by atoms with Crippen LogP contribution in [0.15, 0.2) is 24.3 Å². The molecule has 0 aliphatic carbocycles. The van der Waals surface area contributed by atoms with Crippen LogP contribution in [-0.4, -0.2) is 20.7 Å². The third kappa shape index (κ3) is 7.27. The Bertz CT molecular complexity index is 501. The second kappa shape index (κ2) is 9.41. The first-order valence-corrected chi connectivity index (χ1v) is 8.83. The van der Waals surface area contributed by atoms with Gasteiger partial charge in [0, 0.05) is 12.6 Å². The van der Waals surface area contributed by atoms with Crippen molar-refractivity contribution in [2.45, 2.75) is 45.6 Å². The Morgan fingerprint density at radius 3 is 2.14 bits per heavy atom. The van der Waals surface area contributed by atoms with E-state index in [2.05, 4.69) is 18.6 Å². The summed E-state index contributed by atoms with van der Waals surface area (Å²) >= 11 is 0. The Morgan fingerprint density at radius 1 is 1.14 bits per heavy atom. The molecule has 122 valence electrons. The normalized spacial score (nSPS) is 13.0. The van der Waals surface area contributed by atoms with E-state index >= 15 is 0 Å². The summed E-state index contributed by atoms with van der Waals surface area (Å²) in [7, 11) is -3.20. The Hall–Kier alpha value is -0.620. The molecule has 0 saturated heterocycles. The topological polar surface area (TPSA) is 72.2 Å². The maximum absolute atomic E-state index is 11.7. The van der Waals surface area contributed by atoms with Gasteiger partial charge in [-0.2, -0.15) is 0 Å². The third-order valence-corrected chi connectivity index (χ3v) is 4.75. The fraction of sp³-hybridized carbons (Fsp3) is 0.600. The fourth-order valence-corrected chi connectivity index (χ4v) is 3.12. The van der Waals surface area contributed by atoms with Crippen LogP contribution in [0.5, 0.6) is 0 Å². The van der Waals surface area contributed by atoms with Gasteiger partial charge in [-0.3, -0.25) is 0 Å². The van der Waals surface area contributed by atoms with E-state index in [0.717, 1.165) is 12.0 Å². The number of rotatable bonds is 8. The minimum atomic E-state index is -3.20. The Balaban J connectivity index is 0.00000400. The van der Waals surface area contributed by atoms with E-state index < -0.39 is 10.0 Å². The van der Waals surface area contributed by atoms with Gasteiger partial charge in [-0.25, -0.2) is 13.1 Å². The Labute approximate surface area is 135 Å². The molecule has 1 aromatic rings. The lowest BCUT2D eigenvalue weighted by atomic mass is 9.99. The van der Waals surface area contributed by atoms with Crippen molar-refractivity contribution in [2.24, 2.45) is 5.73 Å². The first-order chi connectivity index (χ1) is 9.35. The van der Waals surface area contributed by atoms with Crippen molar-refractivity contribution >= 4 is 22.4 Å². The Morgan fingerprint density at radius 2 is 1.67 bits per heavy atom. The summed E-state index contributed by atoms with van der Waals surface area (Å²) in [5.74, 6) is 0.649. The molecule has 1 aromatic carbocycles. The number of sulfonamides is 1. The van der Waals surface area contributed by atoms with E-state index in [4.69, 9.17) is 5.73 Å². The zero-order valence-corrected chi connectivity index (χ0v) is 14.6. The number of nitrogens with two attached hydrogens (primary N) is 1. The van der Waals surface area contributed by atoms with Crippen molar-refractivity contribution in [3.63, 3.8) is 0 Å². The van der Waals surface area contributed by atoms with Crippen LogP contribution in [0, 0.1) is 0 Å². The van der Waals surface area contributed by atoms with Gasteiger partial charge in [0.05, 0.1) is 5.75 Å². The van der Waals surface area contributed by atoms with Crippen LogP contribution in [0.25, 0.3) is 0 Å². The lowest BCUT2D eigenvalue weighted by Gasteiger charge is -2.14. The number of halogens is 1. The predicted molar refractivity (Wildman–Crippen MR) is 91.4 cm³/mol. The highest BCUT2D eigenvalue weighted by atomic mass is 35.5. The molecule has 4 nitrogen and oxygen atoms in total. The predicted octanol–water partition coefficient (Wildman–Crippen LogP) is 2.95. The molecule has 0 aromatic heterocycles. The second-order valence-electron chi connectivity index (χ2n) is 5.45. The average molecular weight is 335 g/mol. The molecule has 0 saturated carbocycles. The third-order valence-electron chi connectivity index (χ3n) is 3.32. The van der Waals surface area contributed by atoms with Crippen molar-refractivity contribution in [1.29, 1.82) is 0 Å². The molecule has 1 unspecified atom stereocenters. The molecule has 21 heavy (non-hydrogen) atoms. The van der Waals surface area contributed by atoms with Gasteiger partial charge < -0.3 is 5.73 Å². The largest absolute Gasteiger partial charge is 0.323 e. The zero-order chi connectivity index (χ0) is 15.2. The van der Waals surface area contributed by atoms with Crippen LogP contribution < -0.4 is 10.5 Å². The lowest BCUT2D eigenvalue weighted by molar-refractivity contribution is 0.569. The van der Waals surface area contributed by atoms with E-state index in [9.17, 15) is 8.42 Å². The molecule has 1 atom stereocenters. The molecule has 0 aliphatic heterocycles. The number of hydrogen-bond acceptors (Lipinski definition) is 3. The molecule has 0 amide bonds. The maximum Gasteiger partial charge on any atom is 0.211 e. The number of hydrogen-bond donors (Lipinski definition) is 2. The number of nitrogens with one attached hydrogen (secondary N) is 1. The van der Waals surface area contributed by atoms with Gasteiger partial charge in [0.15, 0.2) is 0 Å². The molecule has 0 spiro atoms. The molecular formula is C15H27ClN2O2S. The number of unbranched alkanes of at least 4 members (excludes halogenated alkanes) is 1. The molecule has 0 bridgehead atoms. The molecule has 0 fully saturated rings. The minimum Gasteiger partial charge on any atom is -0.323 e. The van der Waals surface area contributed by atoms with Gasteiger partial charge in [-0.1, -0.05) is 51.5 Å². The summed E-state index contributed by atoms with van der Waals surface area (Å²) in [4.78, 5) is 0. The van der Waals surface area contributed by atoms with Crippen molar-refractivity contribution < 1.29 is 8.42 Å². The molecule has 6 heteroatoms. The molecule has 3 N–H and O–H groups in total. The maximum atomic E-state index is 11.7. The van der Waals surface area contributed by atoms with Gasteiger partial charge in [0.2, 0.25) is 10.0 Å². The van der Waals surface area contributed by atoms with Crippen molar-refractivity contribution in [2.75, 3.05) is 12.3 Å². The van der Waals surface area contributed by atoms with Gasteiger partial charge >= 0.3 is 0 Å². The van der Waals surface area contributed by atoms with Crippen LogP contribution in [-0.2, 0) is 10.0 Å². The standard InChI is InChI=1S/C15H26N2O2S.ClH/c1-4-5-10-20(18,19)17-11-15(16)14-8-6-13(7-9-14)12(2)3;/h6-9,12,15,17H,4-5,10-11,16H2,1-3H3;1H. The molecule has 0 radical (unpaired) electrons. The lowest BCUT2D eigenvalue weighted by Crippen LogP contribution is -2.33. The summed E-state index contributed by atoms with van der Waals surface area (Å²) in [6.07, 6.45) is 1.54. The van der Waals surface area contributed by atoms with Crippen LogP contribution in [0.4, 0.5) is 0 Å². The average Bonchev–Trinajstić information content (AvgIpc) is 2.43. The highest BCUT2D eigenvalue weighted by Crippen LogP contribution is 2.17. The van der Waals surface area contributed by atoms with Gasteiger partial charge in [0.25, 0.3) is 0 Å². The summed E-state index contributed by atoms with van der Waals surface area (Å²) in [6.45, 7) is 6.48. The van der Waals surface area contributed by atoms with Crippen LogP contribution >= 0.6 is 12.4 Å². The molecular weight excluding hydrogens is 308 g/mol. The monoisotopic (exact) mass is 334 g/mol. The highest BCUT2D eigenvalue weighted by molar-refractivity contribution is 7.89. The second-order valence-corrected chi connectivity index (χ2v) is 7.38. The summed E-state index contributed by atoms with van der Waals surface area (Å²) in [6, 6.07) is 7.73. The zero-order valence-electron chi connectivity index (χ0n) is 13.0. The fourth-order valence-electron chi connectivity index (χ4n) is 1.87. The van der Waals surface area contributed by atoms with Crippen molar-refractivity contribution in [1.82, 2.24) is 4.72 Å². The quantitative estimate of drug-likeness (QED) is 0.767. The van der Waals surface area contributed by atoms with Crippen molar-refractivity contribution in [3.8, 4) is 0 Å². The summed E-state index contributed by atoms with van der Waals surface area (Å²) in [5.41, 5.74) is 8.24. The van der Waals surface area contributed by atoms with E-state index in [-0.39, 0.29) is 30.7 Å². The van der Waals surface area contributed by atoms with E-state index in [0.29, 0.717) is 12.3 Å². The van der Waals surface area contributed by atoms with Gasteiger partial charge in [0.1, 0.15) is 0 Å². The van der Waals surface area contributed by atoms with Crippen molar-refractivity contribution in [3.05, 3.63) is 35.4 Å². The first kappa shape index (κ1) is 20.4. The molecule has 0 heterocycles. The minimum absolute atomic E-state index is 0. The van der Waals surface area contributed by atoms with E-state index in [1.807, 2.05) is 31.2 Å². The smallest absolute Gasteiger partial charge is 0.211 e. The van der Waals surface area contributed by atoms with Gasteiger partial charge in [-0.05, 0) is 23.5 Å². The van der Waals surface area contributed by atoms with E-state index in [1.165, 1.54) is 5.56 Å². The molecule has 0 aliphatic rings. The first-order valence-electron chi connectivity index (χ1n) is 7.18. The van der Waals surface area contributed by atoms with Crippen LogP contribution in [0.3, 0.4) is 0 Å². The van der Waals surface area contributed by atoms with Crippen LogP contribution in [0.1, 0.15) is 56.7 Å². The van der Waals surface area contributed by atoms with Gasteiger partial charge in [-0.15, -0.1) is 12.4 Å². The van der Waals surface area contributed by atoms with E-state index in [1.54, 1.807) is 0 Å². The van der Waals surface area contributed by atoms with Crippen LogP contribution in [0.2, 0.25) is 0 Å². The molecule has 1 rings (SSSR count). The SMILES string of the molecule is CCCCS(=O)(=O)NCC(N)c1ccc(C(C)C)cc1.Cl. The number of benzene rings is 1. The summed E-state index contributed by atoms with van der Waals surface area (Å²) < 4.78 is 26.0.